The number of benzene rings is 2. The first-order valence-electron chi connectivity index (χ1n) is 9.27. The summed E-state index contributed by atoms with van der Waals surface area (Å²) in [5, 5.41) is 5.98. The molecule has 0 amide bonds. The van der Waals surface area contributed by atoms with E-state index < -0.39 is 6.86 Å². The van der Waals surface area contributed by atoms with Crippen LogP contribution in [0.15, 0.2) is 48.5 Å². The zero-order valence-electron chi connectivity index (χ0n) is 14.9. The van der Waals surface area contributed by atoms with Gasteiger partial charge in [0.05, 0.1) is 11.2 Å². The molecule has 5 heteroatoms. The number of halogens is 1. The molecule has 1 aliphatic heterocycles. The number of para-hydroxylation sites is 1. The fourth-order valence-electron chi connectivity index (χ4n) is 4.04. The second-order valence-electron chi connectivity index (χ2n) is 6.91. The molecule has 0 unspecified atom stereocenters. The number of nitrogens with one attached hydrogen (secondary N) is 2. The van der Waals surface area contributed by atoms with E-state index in [9.17, 15) is 4.39 Å². The number of anilines is 1. The summed E-state index contributed by atoms with van der Waals surface area (Å²) in [4.78, 5) is 8.53. The SMILES string of the molecule is FCOc1cccc(Cc2nc3c(c4c2[nH]c2ccccc24)CCCN3)c1. The standard InChI is InChI=1S/C22H20FN3O/c23-13-27-15-6-3-5-14(11-15)12-19-21-20(16-7-1-2-9-18(16)25-21)17-8-4-10-24-22(17)26-19/h1-3,5-7,9,11,25H,4,8,10,12-13H2,(H,24,26). The fraction of sp³-hybridized carbons (Fsp3) is 0.227. The van der Waals surface area contributed by atoms with Gasteiger partial charge < -0.3 is 15.0 Å². The lowest BCUT2D eigenvalue weighted by Gasteiger charge is -2.19. The van der Waals surface area contributed by atoms with Crippen molar-refractivity contribution >= 4 is 27.6 Å². The number of aryl methyl sites for hydroxylation is 1. The third-order valence-electron chi connectivity index (χ3n) is 5.22. The number of nitrogens with zero attached hydrogens (tertiary/aromatic N) is 1. The Hall–Kier alpha value is -3.08. The number of fused-ring (bicyclic) bond motifs is 5. The summed E-state index contributed by atoms with van der Waals surface area (Å²) in [7, 11) is 0. The highest BCUT2D eigenvalue weighted by molar-refractivity contribution is 6.11. The Kier molecular flexibility index (Phi) is 3.93. The Bertz CT molecular complexity index is 1140. The zero-order chi connectivity index (χ0) is 18.2. The van der Waals surface area contributed by atoms with Gasteiger partial charge in [-0.25, -0.2) is 9.37 Å². The zero-order valence-corrected chi connectivity index (χ0v) is 14.9. The number of hydrogen-bond donors (Lipinski definition) is 2. The molecule has 0 fully saturated rings. The lowest BCUT2D eigenvalue weighted by atomic mass is 9.98. The average molecular weight is 361 g/mol. The van der Waals surface area contributed by atoms with Crippen LogP contribution in [0.3, 0.4) is 0 Å². The Morgan fingerprint density at radius 3 is 2.96 bits per heavy atom. The number of aromatic nitrogens is 2. The normalized spacial score (nSPS) is 13.5. The van der Waals surface area contributed by atoms with Crippen molar-refractivity contribution in [3.8, 4) is 5.75 Å². The van der Waals surface area contributed by atoms with E-state index >= 15 is 0 Å². The van der Waals surface area contributed by atoms with Crippen LogP contribution in [0, 0.1) is 0 Å². The Balaban J connectivity index is 1.69. The van der Waals surface area contributed by atoms with Crippen LogP contribution in [0.25, 0.3) is 21.8 Å². The van der Waals surface area contributed by atoms with Crippen molar-refractivity contribution in [3.63, 3.8) is 0 Å². The molecular formula is C22H20FN3O. The van der Waals surface area contributed by atoms with Crippen LogP contribution in [0.5, 0.6) is 5.75 Å². The smallest absolute Gasteiger partial charge is 0.228 e. The van der Waals surface area contributed by atoms with Crippen molar-refractivity contribution < 1.29 is 9.13 Å². The molecule has 1 aliphatic rings. The van der Waals surface area contributed by atoms with E-state index in [1.165, 1.54) is 16.3 Å². The van der Waals surface area contributed by atoms with Gasteiger partial charge in [0.2, 0.25) is 6.86 Å². The summed E-state index contributed by atoms with van der Waals surface area (Å²) in [6.07, 6.45) is 2.81. The van der Waals surface area contributed by atoms with Gasteiger partial charge in [-0.2, -0.15) is 0 Å². The molecule has 0 saturated heterocycles. The molecule has 0 spiro atoms. The third-order valence-corrected chi connectivity index (χ3v) is 5.22. The highest BCUT2D eigenvalue weighted by Crippen LogP contribution is 2.36. The molecule has 0 atom stereocenters. The van der Waals surface area contributed by atoms with E-state index in [0.29, 0.717) is 12.2 Å². The van der Waals surface area contributed by atoms with Crippen LogP contribution < -0.4 is 10.1 Å². The van der Waals surface area contributed by atoms with Gasteiger partial charge in [-0.15, -0.1) is 0 Å². The largest absolute Gasteiger partial charge is 0.463 e. The molecule has 2 aromatic heterocycles. The molecule has 27 heavy (non-hydrogen) atoms. The predicted molar refractivity (Wildman–Crippen MR) is 106 cm³/mol. The average Bonchev–Trinajstić information content (AvgIpc) is 3.09. The molecule has 0 aliphatic carbocycles. The predicted octanol–water partition coefficient (Wildman–Crippen LogP) is 4.97. The third kappa shape index (κ3) is 2.79. The molecule has 0 saturated carbocycles. The van der Waals surface area contributed by atoms with Crippen molar-refractivity contribution in [1.29, 1.82) is 0 Å². The fourth-order valence-corrected chi connectivity index (χ4v) is 4.04. The molecule has 2 aromatic carbocycles. The van der Waals surface area contributed by atoms with Gasteiger partial charge in [0.15, 0.2) is 0 Å². The van der Waals surface area contributed by atoms with Crippen molar-refractivity contribution in [2.75, 3.05) is 18.7 Å². The second kappa shape index (κ2) is 6.58. The van der Waals surface area contributed by atoms with Crippen molar-refractivity contribution in [1.82, 2.24) is 9.97 Å². The van der Waals surface area contributed by atoms with E-state index in [0.717, 1.165) is 47.5 Å². The van der Waals surface area contributed by atoms with Gasteiger partial charge in [-0.1, -0.05) is 30.3 Å². The molecule has 0 radical (unpaired) electrons. The van der Waals surface area contributed by atoms with E-state index in [-0.39, 0.29) is 0 Å². The Morgan fingerprint density at radius 1 is 1.11 bits per heavy atom. The van der Waals surface area contributed by atoms with Gasteiger partial charge in [-0.05, 0) is 36.6 Å². The second-order valence-corrected chi connectivity index (χ2v) is 6.91. The van der Waals surface area contributed by atoms with E-state index in [2.05, 4.69) is 28.5 Å². The first kappa shape index (κ1) is 16.1. The van der Waals surface area contributed by atoms with Crippen molar-refractivity contribution in [2.45, 2.75) is 19.3 Å². The summed E-state index contributed by atoms with van der Waals surface area (Å²) >= 11 is 0. The van der Waals surface area contributed by atoms with Crippen LogP contribution in [-0.2, 0) is 12.8 Å². The number of pyridine rings is 1. The Morgan fingerprint density at radius 2 is 2.04 bits per heavy atom. The van der Waals surface area contributed by atoms with Crippen LogP contribution >= 0.6 is 0 Å². The van der Waals surface area contributed by atoms with E-state index in [1.54, 1.807) is 6.07 Å². The van der Waals surface area contributed by atoms with Gasteiger partial charge in [0, 0.05) is 34.8 Å². The minimum Gasteiger partial charge on any atom is -0.463 e. The van der Waals surface area contributed by atoms with Crippen molar-refractivity contribution in [3.05, 3.63) is 65.4 Å². The van der Waals surface area contributed by atoms with Gasteiger partial charge >= 0.3 is 0 Å². The summed E-state index contributed by atoms with van der Waals surface area (Å²) in [5.41, 5.74) is 5.56. The molecule has 4 nitrogen and oxygen atoms in total. The summed E-state index contributed by atoms with van der Waals surface area (Å²) in [6, 6.07) is 16.0. The van der Waals surface area contributed by atoms with Crippen LogP contribution in [0.2, 0.25) is 0 Å². The maximum atomic E-state index is 12.5. The minimum absolute atomic E-state index is 0.541. The lowest BCUT2D eigenvalue weighted by Crippen LogP contribution is -2.15. The first-order chi connectivity index (χ1) is 13.3. The molecule has 3 heterocycles. The number of ether oxygens (including phenoxy) is 1. The number of rotatable bonds is 4. The van der Waals surface area contributed by atoms with Gasteiger partial charge in [0.1, 0.15) is 11.6 Å². The first-order valence-corrected chi connectivity index (χ1v) is 9.27. The van der Waals surface area contributed by atoms with Crippen molar-refractivity contribution in [2.24, 2.45) is 0 Å². The maximum Gasteiger partial charge on any atom is 0.228 e. The molecular weight excluding hydrogens is 341 g/mol. The molecule has 2 N–H and O–H groups in total. The minimum atomic E-state index is -0.823. The molecule has 4 aromatic rings. The topological polar surface area (TPSA) is 49.9 Å². The van der Waals surface area contributed by atoms with E-state index in [4.69, 9.17) is 9.72 Å². The number of alkyl halides is 1. The summed E-state index contributed by atoms with van der Waals surface area (Å²) < 4.78 is 17.5. The number of H-pyrrole nitrogens is 1. The number of hydrogen-bond acceptors (Lipinski definition) is 3. The van der Waals surface area contributed by atoms with E-state index in [1.807, 2.05) is 24.3 Å². The Labute approximate surface area is 156 Å². The maximum absolute atomic E-state index is 12.5. The molecule has 136 valence electrons. The summed E-state index contributed by atoms with van der Waals surface area (Å²) in [5.74, 6) is 1.53. The number of aromatic amines is 1. The highest BCUT2D eigenvalue weighted by Gasteiger charge is 2.20. The van der Waals surface area contributed by atoms with Crippen LogP contribution in [-0.4, -0.2) is 23.4 Å². The highest BCUT2D eigenvalue weighted by atomic mass is 19.1. The van der Waals surface area contributed by atoms with Gasteiger partial charge in [-0.3, -0.25) is 0 Å². The van der Waals surface area contributed by atoms with Crippen LogP contribution in [0.4, 0.5) is 10.2 Å². The monoisotopic (exact) mass is 361 g/mol. The van der Waals surface area contributed by atoms with Crippen LogP contribution in [0.1, 0.15) is 23.2 Å². The molecule has 0 bridgehead atoms. The lowest BCUT2D eigenvalue weighted by molar-refractivity contribution is 0.191. The quantitative estimate of drug-likeness (QED) is 0.539. The van der Waals surface area contributed by atoms with Gasteiger partial charge in [0.25, 0.3) is 0 Å². The summed E-state index contributed by atoms with van der Waals surface area (Å²) in [6.45, 7) is 0.129. The molecule has 5 rings (SSSR count).